The Morgan fingerprint density at radius 1 is 0.946 bits per heavy atom. The monoisotopic (exact) mass is 498 g/mol. The number of ether oxygens (including phenoxy) is 1. The van der Waals surface area contributed by atoms with Gasteiger partial charge in [0.25, 0.3) is 11.7 Å². The summed E-state index contributed by atoms with van der Waals surface area (Å²) in [5.74, 6) is -0.896. The first kappa shape index (κ1) is 26.0. The molecule has 0 saturated carbocycles. The first-order valence-electron chi connectivity index (χ1n) is 12.3. The van der Waals surface area contributed by atoms with E-state index in [1.54, 1.807) is 19.2 Å². The van der Waals surface area contributed by atoms with E-state index in [2.05, 4.69) is 20.8 Å². The van der Waals surface area contributed by atoms with Gasteiger partial charge in [-0.1, -0.05) is 50.6 Å². The maximum atomic E-state index is 13.5. The van der Waals surface area contributed by atoms with Gasteiger partial charge in [0.2, 0.25) is 0 Å². The zero-order chi connectivity index (χ0) is 27.1. The number of aliphatic hydroxyl groups is 1. The standard InChI is InChI=1S/C31H34N2O4/c1-19-8-13-23(14-9-19)33-27(20-10-15-22(16-11-20)32(5)6)26(29(35)30(33)36)28(34)21-12-17-25(37-7)24(18-21)31(2,3)4/h8-18,27,34H,1-7H3/b28-26-. The lowest BCUT2D eigenvalue weighted by Gasteiger charge is -2.26. The molecule has 37 heavy (non-hydrogen) atoms. The number of carbonyl (C=O) groups is 2. The molecule has 1 heterocycles. The Balaban J connectivity index is 1.94. The second-order valence-corrected chi connectivity index (χ2v) is 10.7. The molecule has 1 amide bonds. The molecule has 1 atom stereocenters. The topological polar surface area (TPSA) is 70.1 Å². The number of anilines is 2. The SMILES string of the molecule is COc1ccc(/C(O)=C2/C(=O)C(=O)N(c3ccc(C)cc3)C2c2ccc(N(C)C)cc2)cc1C(C)(C)C. The molecule has 1 aliphatic rings. The van der Waals surface area contributed by atoms with Crippen LogP contribution in [0.2, 0.25) is 0 Å². The number of ketones is 1. The third-order valence-corrected chi connectivity index (χ3v) is 6.76. The number of Topliss-reactive ketones (excluding diaryl/α,β-unsaturated/α-hetero) is 1. The van der Waals surface area contributed by atoms with Gasteiger partial charge >= 0.3 is 0 Å². The minimum Gasteiger partial charge on any atom is -0.507 e. The van der Waals surface area contributed by atoms with Crippen LogP contribution in [0.3, 0.4) is 0 Å². The average Bonchev–Trinajstić information content (AvgIpc) is 3.13. The molecule has 6 heteroatoms. The number of rotatable bonds is 5. The highest BCUT2D eigenvalue weighted by Crippen LogP contribution is 2.43. The van der Waals surface area contributed by atoms with Crippen LogP contribution in [0, 0.1) is 6.92 Å². The minimum atomic E-state index is -0.779. The molecule has 192 valence electrons. The summed E-state index contributed by atoms with van der Waals surface area (Å²) in [6.45, 7) is 8.12. The lowest BCUT2D eigenvalue weighted by atomic mass is 9.84. The number of amides is 1. The van der Waals surface area contributed by atoms with Crippen molar-refractivity contribution in [2.24, 2.45) is 0 Å². The average molecular weight is 499 g/mol. The summed E-state index contributed by atoms with van der Waals surface area (Å²) < 4.78 is 5.54. The Morgan fingerprint density at radius 2 is 1.57 bits per heavy atom. The van der Waals surface area contributed by atoms with Crippen molar-refractivity contribution in [2.75, 3.05) is 31.0 Å². The van der Waals surface area contributed by atoms with Gasteiger partial charge < -0.3 is 14.7 Å². The van der Waals surface area contributed by atoms with E-state index >= 15 is 0 Å². The van der Waals surface area contributed by atoms with Crippen molar-refractivity contribution in [1.29, 1.82) is 0 Å². The molecule has 0 aliphatic carbocycles. The van der Waals surface area contributed by atoms with Gasteiger partial charge in [0.05, 0.1) is 18.7 Å². The second kappa shape index (κ2) is 9.77. The smallest absolute Gasteiger partial charge is 0.300 e. The third-order valence-electron chi connectivity index (χ3n) is 6.76. The van der Waals surface area contributed by atoms with Crippen molar-refractivity contribution in [3.8, 4) is 5.75 Å². The largest absolute Gasteiger partial charge is 0.507 e. The quantitative estimate of drug-likeness (QED) is 0.266. The predicted octanol–water partition coefficient (Wildman–Crippen LogP) is 5.99. The Hall–Kier alpha value is -4.06. The van der Waals surface area contributed by atoms with Crippen LogP contribution in [0.4, 0.5) is 11.4 Å². The summed E-state index contributed by atoms with van der Waals surface area (Å²) in [5.41, 5.74) is 4.50. The summed E-state index contributed by atoms with van der Waals surface area (Å²) in [5, 5.41) is 11.6. The van der Waals surface area contributed by atoms with E-state index in [0.717, 1.165) is 22.4 Å². The molecule has 0 radical (unpaired) electrons. The first-order valence-corrected chi connectivity index (χ1v) is 12.3. The molecule has 1 saturated heterocycles. The lowest BCUT2D eigenvalue weighted by molar-refractivity contribution is -0.132. The molecule has 1 fully saturated rings. The molecule has 1 aliphatic heterocycles. The number of hydrogen-bond donors (Lipinski definition) is 1. The van der Waals surface area contributed by atoms with Gasteiger partial charge in [0.1, 0.15) is 11.5 Å². The Labute approximate surface area is 218 Å². The van der Waals surface area contributed by atoms with Crippen molar-refractivity contribution in [3.63, 3.8) is 0 Å². The van der Waals surface area contributed by atoms with Crippen LogP contribution in [-0.4, -0.2) is 38.0 Å². The van der Waals surface area contributed by atoms with Crippen LogP contribution in [0.5, 0.6) is 5.75 Å². The van der Waals surface area contributed by atoms with Gasteiger partial charge in [0, 0.05) is 36.6 Å². The Morgan fingerprint density at radius 3 is 2.11 bits per heavy atom. The van der Waals surface area contributed by atoms with E-state index in [1.165, 1.54) is 4.90 Å². The first-order chi connectivity index (χ1) is 17.4. The molecule has 4 rings (SSSR count). The highest BCUT2D eigenvalue weighted by Gasteiger charge is 2.47. The van der Waals surface area contributed by atoms with E-state index in [9.17, 15) is 14.7 Å². The van der Waals surface area contributed by atoms with E-state index in [-0.39, 0.29) is 16.7 Å². The van der Waals surface area contributed by atoms with E-state index in [4.69, 9.17) is 4.74 Å². The molecular formula is C31H34N2O4. The molecule has 3 aromatic carbocycles. The second-order valence-electron chi connectivity index (χ2n) is 10.7. The van der Waals surface area contributed by atoms with E-state index < -0.39 is 17.7 Å². The number of methoxy groups -OCH3 is 1. The summed E-state index contributed by atoms with van der Waals surface area (Å²) in [7, 11) is 5.50. The van der Waals surface area contributed by atoms with Gasteiger partial charge in [0.15, 0.2) is 0 Å². The third kappa shape index (κ3) is 4.84. The van der Waals surface area contributed by atoms with Crippen LogP contribution < -0.4 is 14.5 Å². The molecule has 1 unspecified atom stereocenters. The van der Waals surface area contributed by atoms with Crippen LogP contribution in [0.15, 0.2) is 72.3 Å². The van der Waals surface area contributed by atoms with Gasteiger partial charge in [-0.25, -0.2) is 0 Å². The summed E-state index contributed by atoms with van der Waals surface area (Å²) in [6.07, 6.45) is 0. The van der Waals surface area contributed by atoms with Gasteiger partial charge in [-0.05, 0) is 60.4 Å². The number of benzene rings is 3. The Bertz CT molecular complexity index is 1360. The molecule has 1 N–H and O–H groups in total. The van der Waals surface area contributed by atoms with E-state index in [1.807, 2.05) is 80.5 Å². The van der Waals surface area contributed by atoms with Gasteiger partial charge in [-0.15, -0.1) is 0 Å². The van der Waals surface area contributed by atoms with Crippen LogP contribution >= 0.6 is 0 Å². The van der Waals surface area contributed by atoms with Crippen molar-refractivity contribution in [2.45, 2.75) is 39.2 Å². The number of aryl methyl sites for hydroxylation is 1. The molecule has 0 spiro atoms. The molecule has 0 aromatic heterocycles. The Kier molecular flexibility index (Phi) is 6.87. The predicted molar refractivity (Wildman–Crippen MR) is 148 cm³/mol. The van der Waals surface area contributed by atoms with Gasteiger partial charge in [-0.2, -0.15) is 0 Å². The fourth-order valence-electron chi connectivity index (χ4n) is 4.67. The number of aliphatic hydroxyl groups excluding tert-OH is 1. The van der Waals surface area contributed by atoms with Crippen molar-refractivity contribution in [1.82, 2.24) is 0 Å². The van der Waals surface area contributed by atoms with Crippen molar-refractivity contribution < 1.29 is 19.4 Å². The number of hydrogen-bond acceptors (Lipinski definition) is 5. The van der Waals surface area contributed by atoms with Crippen LogP contribution in [0.1, 0.15) is 49.1 Å². The zero-order valence-corrected chi connectivity index (χ0v) is 22.5. The fourth-order valence-corrected chi connectivity index (χ4v) is 4.67. The lowest BCUT2D eigenvalue weighted by Crippen LogP contribution is -2.29. The van der Waals surface area contributed by atoms with Crippen LogP contribution in [0.25, 0.3) is 5.76 Å². The van der Waals surface area contributed by atoms with E-state index in [0.29, 0.717) is 17.0 Å². The van der Waals surface area contributed by atoms with Gasteiger partial charge in [-0.3, -0.25) is 14.5 Å². The molecule has 3 aromatic rings. The minimum absolute atomic E-state index is 0.0632. The maximum Gasteiger partial charge on any atom is 0.300 e. The van der Waals surface area contributed by atoms with Crippen LogP contribution in [-0.2, 0) is 15.0 Å². The summed E-state index contributed by atoms with van der Waals surface area (Å²) in [6, 6.07) is 19.7. The highest BCUT2D eigenvalue weighted by atomic mass is 16.5. The molecular weight excluding hydrogens is 464 g/mol. The zero-order valence-electron chi connectivity index (χ0n) is 22.5. The molecule has 0 bridgehead atoms. The number of carbonyl (C=O) groups excluding carboxylic acids is 2. The van der Waals surface area contributed by atoms with Crippen molar-refractivity contribution >= 4 is 28.8 Å². The molecule has 6 nitrogen and oxygen atoms in total. The van der Waals surface area contributed by atoms with Crippen molar-refractivity contribution in [3.05, 3.63) is 94.6 Å². The maximum absolute atomic E-state index is 13.5. The highest BCUT2D eigenvalue weighted by molar-refractivity contribution is 6.51. The number of nitrogens with zero attached hydrogens (tertiary/aromatic N) is 2. The fraction of sp³-hybridized carbons (Fsp3) is 0.290. The normalized spacial score (nSPS) is 17.3. The summed E-state index contributed by atoms with van der Waals surface area (Å²) in [4.78, 5) is 30.4. The summed E-state index contributed by atoms with van der Waals surface area (Å²) >= 11 is 0.